The van der Waals surface area contributed by atoms with Crippen LogP contribution in [0.4, 0.5) is 0 Å². The van der Waals surface area contributed by atoms with E-state index < -0.39 is 0 Å². The van der Waals surface area contributed by atoms with Crippen molar-refractivity contribution in [2.45, 2.75) is 12.8 Å². The molecule has 0 unspecified atom stereocenters. The van der Waals surface area contributed by atoms with E-state index in [0.29, 0.717) is 37.6 Å². The van der Waals surface area contributed by atoms with Gasteiger partial charge in [-0.3, -0.25) is 14.5 Å². The van der Waals surface area contributed by atoms with Crippen LogP contribution in [-0.4, -0.2) is 57.1 Å². The van der Waals surface area contributed by atoms with Crippen molar-refractivity contribution < 1.29 is 19.1 Å². The Balaban J connectivity index is 1.74. The minimum atomic E-state index is -0.286. The Bertz CT molecular complexity index is 591. The molecular formula is C17H25N3O4. The third kappa shape index (κ3) is 4.86. The number of carbonyl (C=O) groups excluding carboxylic acids is 2. The van der Waals surface area contributed by atoms with Crippen molar-refractivity contribution in [3.8, 4) is 11.5 Å². The van der Waals surface area contributed by atoms with E-state index in [1.54, 1.807) is 14.2 Å². The van der Waals surface area contributed by atoms with Crippen LogP contribution in [0.25, 0.3) is 0 Å². The standard InChI is InChI=1S/C17H25N3O4/c1-23-14-4-3-12(9-15(14)24-2)5-7-19-16(21)11-20-8-6-13(10-20)17(18)22/h3-4,9,13H,5-8,10-11H2,1-2H3,(H2,18,22)(H,19,21)/t13-/m1/s1. The fourth-order valence-electron chi connectivity index (χ4n) is 2.85. The largest absolute Gasteiger partial charge is 0.493 e. The Morgan fingerprint density at radius 1 is 1.29 bits per heavy atom. The highest BCUT2D eigenvalue weighted by Crippen LogP contribution is 2.27. The van der Waals surface area contributed by atoms with Gasteiger partial charge in [0.25, 0.3) is 0 Å². The summed E-state index contributed by atoms with van der Waals surface area (Å²) in [7, 11) is 3.19. The Labute approximate surface area is 142 Å². The van der Waals surface area contributed by atoms with E-state index in [2.05, 4.69) is 5.32 Å². The first-order chi connectivity index (χ1) is 11.5. The Kier molecular flexibility index (Phi) is 6.43. The number of nitrogens with two attached hydrogens (primary N) is 1. The predicted octanol–water partition coefficient (Wildman–Crippen LogP) is 0.170. The monoisotopic (exact) mass is 335 g/mol. The van der Waals surface area contributed by atoms with Gasteiger partial charge in [-0.2, -0.15) is 0 Å². The van der Waals surface area contributed by atoms with Crippen LogP contribution < -0.4 is 20.5 Å². The fourth-order valence-corrected chi connectivity index (χ4v) is 2.85. The lowest BCUT2D eigenvalue weighted by molar-refractivity contribution is -0.123. The maximum atomic E-state index is 12.0. The van der Waals surface area contributed by atoms with Crippen LogP contribution in [0, 0.1) is 5.92 Å². The first-order valence-electron chi connectivity index (χ1n) is 8.02. The zero-order valence-corrected chi connectivity index (χ0v) is 14.2. The highest BCUT2D eigenvalue weighted by Gasteiger charge is 2.27. The van der Waals surface area contributed by atoms with E-state index in [0.717, 1.165) is 18.5 Å². The zero-order chi connectivity index (χ0) is 17.5. The quantitative estimate of drug-likeness (QED) is 0.706. The number of nitrogens with one attached hydrogen (secondary N) is 1. The average Bonchev–Trinajstić information content (AvgIpc) is 3.03. The number of rotatable bonds is 8. The molecule has 132 valence electrons. The van der Waals surface area contributed by atoms with Crippen molar-refractivity contribution in [3.05, 3.63) is 23.8 Å². The number of ether oxygens (including phenoxy) is 2. The van der Waals surface area contributed by atoms with E-state index in [4.69, 9.17) is 15.2 Å². The molecule has 3 N–H and O–H groups in total. The molecule has 1 aromatic carbocycles. The van der Waals surface area contributed by atoms with Gasteiger partial charge in [0, 0.05) is 13.1 Å². The topological polar surface area (TPSA) is 93.9 Å². The minimum Gasteiger partial charge on any atom is -0.493 e. The van der Waals surface area contributed by atoms with E-state index in [1.807, 2.05) is 23.1 Å². The lowest BCUT2D eigenvalue weighted by Crippen LogP contribution is -2.37. The van der Waals surface area contributed by atoms with Gasteiger partial charge in [-0.15, -0.1) is 0 Å². The number of nitrogens with zero attached hydrogens (tertiary/aromatic N) is 1. The van der Waals surface area contributed by atoms with Crippen molar-refractivity contribution in [2.24, 2.45) is 11.7 Å². The molecule has 1 heterocycles. The molecule has 1 aromatic rings. The summed E-state index contributed by atoms with van der Waals surface area (Å²) >= 11 is 0. The van der Waals surface area contributed by atoms with Gasteiger partial charge < -0.3 is 20.5 Å². The number of amides is 2. The summed E-state index contributed by atoms with van der Waals surface area (Å²) in [6, 6.07) is 5.71. The van der Waals surface area contributed by atoms with E-state index in [9.17, 15) is 9.59 Å². The van der Waals surface area contributed by atoms with E-state index in [-0.39, 0.29) is 17.7 Å². The Morgan fingerprint density at radius 2 is 2.04 bits per heavy atom. The second-order valence-electron chi connectivity index (χ2n) is 5.91. The lowest BCUT2D eigenvalue weighted by Gasteiger charge is -2.15. The molecule has 1 aliphatic rings. The van der Waals surface area contributed by atoms with E-state index in [1.165, 1.54) is 0 Å². The number of hydrogen-bond donors (Lipinski definition) is 2. The second-order valence-corrected chi connectivity index (χ2v) is 5.91. The third-order valence-electron chi connectivity index (χ3n) is 4.23. The van der Waals surface area contributed by atoms with Gasteiger partial charge in [0.15, 0.2) is 11.5 Å². The number of likely N-dealkylation sites (tertiary alicyclic amines) is 1. The highest BCUT2D eigenvalue weighted by molar-refractivity contribution is 5.79. The van der Waals surface area contributed by atoms with Crippen LogP contribution in [0.3, 0.4) is 0 Å². The number of methoxy groups -OCH3 is 2. The number of primary amides is 1. The fraction of sp³-hybridized carbons (Fsp3) is 0.529. The van der Waals surface area contributed by atoms with Gasteiger partial charge in [0.1, 0.15) is 0 Å². The van der Waals surface area contributed by atoms with Crippen LogP contribution in [0.2, 0.25) is 0 Å². The summed E-state index contributed by atoms with van der Waals surface area (Å²) in [6.07, 6.45) is 1.43. The second kappa shape index (κ2) is 8.54. The van der Waals surface area contributed by atoms with Crippen LogP contribution in [0.15, 0.2) is 18.2 Å². The summed E-state index contributed by atoms with van der Waals surface area (Å²) in [6.45, 7) is 2.15. The summed E-state index contributed by atoms with van der Waals surface area (Å²) in [5, 5.41) is 2.90. The molecule has 1 aliphatic heterocycles. The van der Waals surface area contributed by atoms with Crippen LogP contribution in [0.1, 0.15) is 12.0 Å². The van der Waals surface area contributed by atoms with Gasteiger partial charge in [0.05, 0.1) is 26.7 Å². The number of hydrogen-bond acceptors (Lipinski definition) is 5. The summed E-state index contributed by atoms with van der Waals surface area (Å²) in [4.78, 5) is 25.1. The van der Waals surface area contributed by atoms with Gasteiger partial charge >= 0.3 is 0 Å². The van der Waals surface area contributed by atoms with Gasteiger partial charge in [0.2, 0.25) is 11.8 Å². The molecule has 2 rings (SSSR count). The van der Waals surface area contributed by atoms with Crippen LogP contribution in [0.5, 0.6) is 11.5 Å². The van der Waals surface area contributed by atoms with Gasteiger partial charge in [-0.1, -0.05) is 6.07 Å². The maximum Gasteiger partial charge on any atom is 0.234 e. The molecule has 7 nitrogen and oxygen atoms in total. The van der Waals surface area contributed by atoms with Crippen molar-refractivity contribution in [3.63, 3.8) is 0 Å². The molecule has 1 fully saturated rings. The molecule has 1 saturated heterocycles. The summed E-state index contributed by atoms with van der Waals surface area (Å²) < 4.78 is 10.5. The molecule has 0 aliphatic carbocycles. The maximum absolute atomic E-state index is 12.0. The lowest BCUT2D eigenvalue weighted by atomic mass is 10.1. The average molecular weight is 335 g/mol. The van der Waals surface area contributed by atoms with Gasteiger partial charge in [-0.05, 0) is 37.1 Å². The van der Waals surface area contributed by atoms with Crippen molar-refractivity contribution >= 4 is 11.8 Å². The van der Waals surface area contributed by atoms with E-state index >= 15 is 0 Å². The molecule has 0 spiro atoms. The van der Waals surface area contributed by atoms with Crippen molar-refractivity contribution in [1.82, 2.24) is 10.2 Å². The van der Waals surface area contributed by atoms with Gasteiger partial charge in [-0.25, -0.2) is 0 Å². The Hall–Kier alpha value is -2.28. The molecule has 0 saturated carbocycles. The summed E-state index contributed by atoms with van der Waals surface area (Å²) in [5.41, 5.74) is 6.35. The molecular weight excluding hydrogens is 310 g/mol. The van der Waals surface area contributed by atoms with Crippen molar-refractivity contribution in [2.75, 3.05) is 40.4 Å². The number of carbonyl (C=O) groups is 2. The van der Waals surface area contributed by atoms with Crippen LogP contribution in [-0.2, 0) is 16.0 Å². The molecule has 1 atom stereocenters. The SMILES string of the molecule is COc1ccc(CCNC(=O)CN2CC[C@@H](C(N)=O)C2)cc1OC. The first-order valence-corrected chi connectivity index (χ1v) is 8.02. The van der Waals surface area contributed by atoms with Crippen molar-refractivity contribution in [1.29, 1.82) is 0 Å². The summed E-state index contributed by atoms with van der Waals surface area (Å²) in [5.74, 6) is 0.899. The Morgan fingerprint density at radius 3 is 2.67 bits per heavy atom. The first kappa shape index (κ1) is 18.1. The predicted molar refractivity (Wildman–Crippen MR) is 90.0 cm³/mol. The zero-order valence-electron chi connectivity index (χ0n) is 14.2. The molecule has 2 amide bonds. The smallest absolute Gasteiger partial charge is 0.234 e. The normalized spacial score (nSPS) is 17.5. The highest BCUT2D eigenvalue weighted by atomic mass is 16.5. The molecule has 7 heteroatoms. The molecule has 0 bridgehead atoms. The van der Waals surface area contributed by atoms with Crippen LogP contribution >= 0.6 is 0 Å². The minimum absolute atomic E-state index is 0.0411. The molecule has 0 radical (unpaired) electrons. The molecule has 0 aromatic heterocycles. The third-order valence-corrected chi connectivity index (χ3v) is 4.23. The molecule has 24 heavy (non-hydrogen) atoms. The number of benzene rings is 1.